The van der Waals surface area contributed by atoms with Crippen molar-refractivity contribution in [2.75, 3.05) is 17.2 Å². The number of rotatable bonds is 8. The van der Waals surface area contributed by atoms with Crippen LogP contribution in [0.2, 0.25) is 5.02 Å². The van der Waals surface area contributed by atoms with Crippen LogP contribution in [-0.4, -0.2) is 27.8 Å². The molecule has 0 radical (unpaired) electrons. The van der Waals surface area contributed by atoms with E-state index >= 15 is 0 Å². The molecule has 2 aromatic carbocycles. The molecule has 0 N–H and O–H groups in total. The largest absolute Gasteiger partial charge is 0.467 e. The molecule has 0 aliphatic heterocycles. The second-order valence-corrected chi connectivity index (χ2v) is 8.60. The highest BCUT2D eigenvalue weighted by molar-refractivity contribution is 7.99. The molecule has 7 nitrogen and oxygen atoms in total. The molecule has 4 rings (SSSR count). The van der Waals surface area contributed by atoms with Gasteiger partial charge in [0, 0.05) is 11.6 Å². The van der Waals surface area contributed by atoms with Crippen LogP contribution in [0.15, 0.2) is 75.2 Å². The quantitative estimate of drug-likeness (QED) is 0.255. The number of aromatic nitrogens is 2. The zero-order valence-corrected chi connectivity index (χ0v) is 19.4. The molecule has 0 atom stereocenters. The smallest absolute Gasteiger partial charge is 0.262 e. The fourth-order valence-electron chi connectivity index (χ4n) is 3.40. The van der Waals surface area contributed by atoms with Gasteiger partial charge in [-0.25, -0.2) is 9.37 Å². The van der Waals surface area contributed by atoms with Crippen molar-refractivity contribution in [2.45, 2.75) is 18.1 Å². The highest BCUT2D eigenvalue weighted by Crippen LogP contribution is 2.24. The van der Waals surface area contributed by atoms with Crippen LogP contribution in [-0.2, 0) is 11.3 Å². The number of anilines is 1. The van der Waals surface area contributed by atoms with E-state index in [4.69, 9.17) is 21.3 Å². The minimum Gasteiger partial charge on any atom is -0.467 e. The molecule has 0 bridgehead atoms. The summed E-state index contributed by atoms with van der Waals surface area (Å²) in [6, 6.07) is 16.1. The fraction of sp³-hybridized carbons (Fsp3) is 0.167. The van der Waals surface area contributed by atoms with Crippen LogP contribution in [0.25, 0.3) is 10.9 Å². The van der Waals surface area contributed by atoms with E-state index in [1.165, 1.54) is 33.9 Å². The predicted molar refractivity (Wildman–Crippen MR) is 129 cm³/mol. The van der Waals surface area contributed by atoms with Gasteiger partial charge in [-0.1, -0.05) is 35.5 Å². The van der Waals surface area contributed by atoms with E-state index in [1.807, 2.05) is 6.07 Å². The molecule has 2 heterocycles. The van der Waals surface area contributed by atoms with Crippen molar-refractivity contribution in [3.8, 4) is 6.07 Å². The summed E-state index contributed by atoms with van der Waals surface area (Å²) in [6.07, 6.45) is 1.55. The van der Waals surface area contributed by atoms with E-state index in [0.29, 0.717) is 26.8 Å². The zero-order valence-electron chi connectivity index (χ0n) is 17.8. The summed E-state index contributed by atoms with van der Waals surface area (Å²) < 4.78 is 21.2. The summed E-state index contributed by atoms with van der Waals surface area (Å²) in [4.78, 5) is 32.1. The Labute approximate surface area is 203 Å². The maximum absolute atomic E-state index is 14.4. The van der Waals surface area contributed by atoms with Gasteiger partial charge < -0.3 is 9.32 Å². The van der Waals surface area contributed by atoms with Crippen LogP contribution in [0.5, 0.6) is 0 Å². The molecule has 0 aliphatic carbocycles. The van der Waals surface area contributed by atoms with Crippen molar-refractivity contribution in [1.82, 2.24) is 9.55 Å². The molecule has 34 heavy (non-hydrogen) atoms. The van der Waals surface area contributed by atoms with Gasteiger partial charge >= 0.3 is 0 Å². The lowest BCUT2D eigenvalue weighted by molar-refractivity contribution is -0.116. The molecule has 0 saturated carbocycles. The van der Waals surface area contributed by atoms with Crippen LogP contribution < -0.4 is 10.5 Å². The Kier molecular flexibility index (Phi) is 7.30. The predicted octanol–water partition coefficient (Wildman–Crippen LogP) is 4.87. The monoisotopic (exact) mass is 496 g/mol. The van der Waals surface area contributed by atoms with E-state index in [0.717, 1.165) is 11.8 Å². The molecule has 0 aliphatic rings. The molecular weight excluding hydrogens is 479 g/mol. The molecule has 0 fully saturated rings. The normalized spacial score (nSPS) is 10.9. The van der Waals surface area contributed by atoms with Gasteiger partial charge in [0.15, 0.2) is 5.16 Å². The molecule has 10 heteroatoms. The Morgan fingerprint density at radius 1 is 1.24 bits per heavy atom. The summed E-state index contributed by atoms with van der Waals surface area (Å²) in [6.45, 7) is 0.163. The number of hydrogen-bond donors (Lipinski definition) is 0. The van der Waals surface area contributed by atoms with Gasteiger partial charge in [-0.2, -0.15) is 5.26 Å². The van der Waals surface area contributed by atoms with Gasteiger partial charge in [0.25, 0.3) is 5.56 Å². The Morgan fingerprint density at radius 2 is 2.06 bits per heavy atom. The summed E-state index contributed by atoms with van der Waals surface area (Å²) in [7, 11) is 0. The van der Waals surface area contributed by atoms with E-state index in [1.54, 1.807) is 36.4 Å². The van der Waals surface area contributed by atoms with E-state index in [2.05, 4.69) is 4.98 Å². The standard InChI is InChI=1S/C24H18ClFN4O3S/c25-16-8-9-18-20(13-16)28-24(30(23(18)32)14-17-5-3-12-33-17)34-15-22(31)29(11-4-10-27)21-7-2-1-6-19(21)26/h1-3,5-9,12-13H,4,11,14-15H2. The second-order valence-electron chi connectivity index (χ2n) is 7.22. The van der Waals surface area contributed by atoms with Crippen LogP contribution >= 0.6 is 23.4 Å². The topological polar surface area (TPSA) is 92.1 Å². The molecule has 172 valence electrons. The van der Waals surface area contributed by atoms with E-state index in [9.17, 15) is 14.0 Å². The average molecular weight is 497 g/mol. The SMILES string of the molecule is N#CCCN(C(=O)CSc1nc2cc(Cl)ccc2c(=O)n1Cc1ccco1)c1ccccc1F. The lowest BCUT2D eigenvalue weighted by atomic mass is 10.2. The van der Waals surface area contributed by atoms with Crippen molar-refractivity contribution in [2.24, 2.45) is 0 Å². The van der Waals surface area contributed by atoms with E-state index < -0.39 is 11.7 Å². The summed E-state index contributed by atoms with van der Waals surface area (Å²) >= 11 is 7.13. The van der Waals surface area contributed by atoms with Crippen molar-refractivity contribution in [3.63, 3.8) is 0 Å². The third-order valence-corrected chi connectivity index (χ3v) is 6.19. The first kappa shape index (κ1) is 23.5. The lowest BCUT2D eigenvalue weighted by Gasteiger charge is -2.22. The van der Waals surface area contributed by atoms with Crippen LogP contribution in [0.1, 0.15) is 12.2 Å². The lowest BCUT2D eigenvalue weighted by Crippen LogP contribution is -2.34. The number of benzene rings is 2. The Bertz CT molecular complexity index is 1430. The van der Waals surface area contributed by atoms with Gasteiger partial charge in [0.1, 0.15) is 11.6 Å². The number of carbonyl (C=O) groups is 1. The number of amides is 1. The Hall–Kier alpha value is -3.61. The zero-order chi connectivity index (χ0) is 24.1. The van der Waals surface area contributed by atoms with Gasteiger partial charge in [0.05, 0.1) is 47.6 Å². The number of nitriles is 1. The first-order chi connectivity index (χ1) is 16.5. The number of furan rings is 1. The summed E-state index contributed by atoms with van der Waals surface area (Å²) in [5.41, 5.74) is 0.191. The van der Waals surface area contributed by atoms with E-state index in [-0.39, 0.29) is 36.5 Å². The highest BCUT2D eigenvalue weighted by Gasteiger charge is 2.21. The van der Waals surface area contributed by atoms with Crippen molar-refractivity contribution in [1.29, 1.82) is 5.26 Å². The maximum atomic E-state index is 14.4. The van der Waals surface area contributed by atoms with Gasteiger partial charge in [-0.3, -0.25) is 14.2 Å². The second kappa shape index (κ2) is 10.5. The van der Waals surface area contributed by atoms with Gasteiger partial charge in [-0.05, 0) is 42.5 Å². The molecule has 1 amide bonds. The van der Waals surface area contributed by atoms with Crippen LogP contribution in [0.4, 0.5) is 10.1 Å². The minimum atomic E-state index is -0.563. The maximum Gasteiger partial charge on any atom is 0.262 e. The fourth-order valence-corrected chi connectivity index (χ4v) is 4.44. The number of thioether (sulfide) groups is 1. The van der Waals surface area contributed by atoms with Crippen molar-refractivity contribution < 1.29 is 13.6 Å². The van der Waals surface area contributed by atoms with Crippen molar-refractivity contribution >= 4 is 45.9 Å². The van der Waals surface area contributed by atoms with Crippen LogP contribution in [0.3, 0.4) is 0 Å². The first-order valence-electron chi connectivity index (χ1n) is 10.2. The number of carbonyl (C=O) groups excluding carboxylic acids is 1. The summed E-state index contributed by atoms with van der Waals surface area (Å²) in [5, 5.41) is 10.1. The molecule has 4 aromatic rings. The minimum absolute atomic E-state index is 0.0385. The highest BCUT2D eigenvalue weighted by atomic mass is 35.5. The number of para-hydroxylation sites is 1. The molecule has 0 unspecified atom stereocenters. The summed E-state index contributed by atoms with van der Waals surface area (Å²) in [5.74, 6) is -0.564. The third-order valence-electron chi connectivity index (χ3n) is 4.99. The average Bonchev–Trinajstić information content (AvgIpc) is 3.34. The van der Waals surface area contributed by atoms with Crippen molar-refractivity contribution in [3.05, 3.63) is 87.8 Å². The Morgan fingerprint density at radius 3 is 2.79 bits per heavy atom. The molecule has 0 spiro atoms. The molecule has 0 saturated heterocycles. The molecular formula is C24H18ClFN4O3S. The molecule has 2 aromatic heterocycles. The Balaban J connectivity index is 1.67. The van der Waals surface area contributed by atoms with Crippen LogP contribution in [0, 0.1) is 17.1 Å². The number of nitrogens with zero attached hydrogens (tertiary/aromatic N) is 4. The third kappa shape index (κ3) is 5.14. The first-order valence-corrected chi connectivity index (χ1v) is 11.6. The van der Waals surface area contributed by atoms with Gasteiger partial charge in [0.2, 0.25) is 5.91 Å². The number of hydrogen-bond acceptors (Lipinski definition) is 6. The van der Waals surface area contributed by atoms with Gasteiger partial charge in [-0.15, -0.1) is 0 Å². The number of fused-ring (bicyclic) bond motifs is 1. The number of halogens is 2.